The first-order chi connectivity index (χ1) is 13.3. The summed E-state index contributed by atoms with van der Waals surface area (Å²) in [4.78, 5) is 0. The van der Waals surface area contributed by atoms with Gasteiger partial charge in [0.15, 0.2) is 0 Å². The third kappa shape index (κ3) is 3.63. The average Bonchev–Trinajstić information content (AvgIpc) is 2.73. The van der Waals surface area contributed by atoms with Crippen LogP contribution in [0.3, 0.4) is 0 Å². The van der Waals surface area contributed by atoms with Gasteiger partial charge < -0.3 is 0 Å². The minimum Gasteiger partial charge on any atom is -0.0810 e. The maximum atomic E-state index is 2.72. The van der Waals surface area contributed by atoms with Crippen LogP contribution in [0.2, 0.25) is 0 Å². The van der Waals surface area contributed by atoms with E-state index in [1.165, 1.54) is 95.5 Å². The van der Waals surface area contributed by atoms with Crippen LogP contribution in [0.25, 0.3) is 0 Å². The highest BCUT2D eigenvalue weighted by Gasteiger charge is 2.44. The molecule has 3 saturated carbocycles. The second-order valence-electron chi connectivity index (χ2n) is 10.7. The van der Waals surface area contributed by atoms with Crippen molar-refractivity contribution in [2.45, 2.75) is 96.8 Å². The van der Waals surface area contributed by atoms with Crippen LogP contribution in [-0.4, -0.2) is 0 Å². The van der Waals surface area contributed by atoms with Crippen LogP contribution in [0.15, 0.2) is 34.9 Å². The molecule has 0 N–H and O–H groups in total. The monoisotopic (exact) mass is 364 g/mol. The first kappa shape index (κ1) is 18.3. The van der Waals surface area contributed by atoms with E-state index in [9.17, 15) is 0 Å². The SMILES string of the molecule is CC1=CCC2C(=C1)C=C1CC(C3CCCCC3)CCC1C2C1CCCCC1. The molecule has 4 unspecified atom stereocenters. The summed E-state index contributed by atoms with van der Waals surface area (Å²) < 4.78 is 0. The molecule has 27 heavy (non-hydrogen) atoms. The Balaban J connectivity index is 1.42. The standard InChI is InChI=1S/C27H40/c1-19-12-14-25-23(16-19)18-24-17-22(20-8-4-2-5-9-20)13-15-26(24)27(25)21-10-6-3-7-11-21/h12,16,18,20-22,25-27H,2-11,13-15,17H2,1H3. The van der Waals surface area contributed by atoms with Crippen LogP contribution >= 0.6 is 0 Å². The van der Waals surface area contributed by atoms with Gasteiger partial charge in [0.25, 0.3) is 0 Å². The smallest absolute Gasteiger partial charge is 0.00904 e. The van der Waals surface area contributed by atoms with Gasteiger partial charge in [-0.2, -0.15) is 0 Å². The Hall–Kier alpha value is -0.780. The highest BCUT2D eigenvalue weighted by atomic mass is 14.5. The predicted octanol–water partition coefficient (Wildman–Crippen LogP) is 8.01. The molecule has 5 aliphatic rings. The van der Waals surface area contributed by atoms with Gasteiger partial charge in [0.05, 0.1) is 0 Å². The van der Waals surface area contributed by atoms with Crippen molar-refractivity contribution in [3.8, 4) is 0 Å². The van der Waals surface area contributed by atoms with Crippen LogP contribution in [0, 0.1) is 35.5 Å². The summed E-state index contributed by atoms with van der Waals surface area (Å²) in [5.41, 5.74) is 5.13. The molecule has 0 aromatic rings. The van der Waals surface area contributed by atoms with Gasteiger partial charge in [-0.05, 0) is 73.7 Å². The van der Waals surface area contributed by atoms with E-state index in [-0.39, 0.29) is 0 Å². The molecule has 0 amide bonds. The maximum Gasteiger partial charge on any atom is -0.00904 e. The molecule has 0 aliphatic heterocycles. The molecule has 0 radical (unpaired) electrons. The molecule has 0 heteroatoms. The van der Waals surface area contributed by atoms with E-state index in [0.29, 0.717) is 0 Å². The fourth-order valence-electron chi connectivity index (χ4n) is 7.83. The highest BCUT2D eigenvalue weighted by molar-refractivity contribution is 5.41. The van der Waals surface area contributed by atoms with Crippen molar-refractivity contribution in [2.75, 3.05) is 0 Å². The Morgan fingerprint density at radius 2 is 1.37 bits per heavy atom. The molecule has 0 saturated heterocycles. The minimum atomic E-state index is 0.844. The average molecular weight is 365 g/mol. The Labute approximate surface area is 167 Å². The molecule has 0 aromatic heterocycles. The van der Waals surface area contributed by atoms with Crippen molar-refractivity contribution in [1.82, 2.24) is 0 Å². The normalized spacial score (nSPS) is 38.3. The van der Waals surface area contributed by atoms with Gasteiger partial charge in [0, 0.05) is 0 Å². The highest BCUT2D eigenvalue weighted by Crippen LogP contribution is 2.55. The van der Waals surface area contributed by atoms with Gasteiger partial charge in [0.2, 0.25) is 0 Å². The van der Waals surface area contributed by atoms with Crippen LogP contribution in [0.5, 0.6) is 0 Å². The third-order valence-corrected chi connectivity index (χ3v) is 9.13. The van der Waals surface area contributed by atoms with Gasteiger partial charge in [0.1, 0.15) is 0 Å². The summed E-state index contributed by atoms with van der Waals surface area (Å²) in [6.45, 7) is 2.31. The number of hydrogen-bond donors (Lipinski definition) is 0. The molecule has 148 valence electrons. The van der Waals surface area contributed by atoms with Gasteiger partial charge in [-0.25, -0.2) is 0 Å². The van der Waals surface area contributed by atoms with E-state index >= 15 is 0 Å². The lowest BCUT2D eigenvalue weighted by molar-refractivity contribution is 0.0998. The quantitative estimate of drug-likeness (QED) is 0.465. The molecule has 0 aromatic carbocycles. The summed E-state index contributed by atoms with van der Waals surface area (Å²) in [7, 11) is 0. The van der Waals surface area contributed by atoms with Gasteiger partial charge in [-0.15, -0.1) is 0 Å². The van der Waals surface area contributed by atoms with Gasteiger partial charge >= 0.3 is 0 Å². The zero-order valence-electron chi connectivity index (χ0n) is 17.6. The molecule has 5 rings (SSSR count). The van der Waals surface area contributed by atoms with E-state index in [1.807, 2.05) is 5.57 Å². The Morgan fingerprint density at radius 1 is 0.667 bits per heavy atom. The molecule has 0 spiro atoms. The number of hydrogen-bond acceptors (Lipinski definition) is 0. The van der Waals surface area contributed by atoms with E-state index in [4.69, 9.17) is 0 Å². The lowest BCUT2D eigenvalue weighted by atomic mass is 9.55. The van der Waals surface area contributed by atoms with E-state index in [0.717, 1.165) is 35.5 Å². The molecule has 0 bridgehead atoms. The Morgan fingerprint density at radius 3 is 2.11 bits per heavy atom. The number of rotatable bonds is 2. The Kier molecular flexibility index (Phi) is 5.36. The zero-order chi connectivity index (χ0) is 18.2. The van der Waals surface area contributed by atoms with E-state index in [2.05, 4.69) is 25.2 Å². The summed E-state index contributed by atoms with van der Waals surface area (Å²) in [5, 5.41) is 0. The molecule has 0 nitrogen and oxygen atoms in total. The first-order valence-corrected chi connectivity index (χ1v) is 12.4. The number of fused-ring (bicyclic) bond motifs is 2. The summed E-state index contributed by atoms with van der Waals surface area (Å²) in [6, 6.07) is 0. The van der Waals surface area contributed by atoms with Crippen LogP contribution < -0.4 is 0 Å². The minimum absolute atomic E-state index is 0.844. The van der Waals surface area contributed by atoms with Crippen molar-refractivity contribution in [2.24, 2.45) is 35.5 Å². The fraction of sp³-hybridized carbons (Fsp3) is 0.778. The zero-order valence-corrected chi connectivity index (χ0v) is 17.6. The van der Waals surface area contributed by atoms with Crippen molar-refractivity contribution >= 4 is 0 Å². The molecule has 4 atom stereocenters. The second-order valence-corrected chi connectivity index (χ2v) is 10.7. The molecular formula is C27H40. The largest absolute Gasteiger partial charge is 0.0810 e. The van der Waals surface area contributed by atoms with Crippen LogP contribution in [0.4, 0.5) is 0 Å². The summed E-state index contributed by atoms with van der Waals surface area (Å²) in [5.74, 6) is 5.82. The van der Waals surface area contributed by atoms with Crippen LogP contribution in [-0.2, 0) is 0 Å². The lowest BCUT2D eigenvalue weighted by Crippen LogP contribution is -2.40. The first-order valence-electron chi connectivity index (χ1n) is 12.4. The lowest BCUT2D eigenvalue weighted by Gasteiger charge is -2.49. The Bertz CT molecular complexity index is 620. The van der Waals surface area contributed by atoms with Crippen LogP contribution in [0.1, 0.15) is 96.8 Å². The molecule has 3 fully saturated rings. The molecule has 0 heterocycles. The summed E-state index contributed by atoms with van der Waals surface area (Å²) in [6.07, 6.45) is 28.7. The second kappa shape index (κ2) is 7.92. The maximum absolute atomic E-state index is 2.72. The fourth-order valence-corrected chi connectivity index (χ4v) is 7.83. The van der Waals surface area contributed by atoms with Gasteiger partial charge in [-0.3, -0.25) is 0 Å². The predicted molar refractivity (Wildman–Crippen MR) is 116 cm³/mol. The van der Waals surface area contributed by atoms with E-state index in [1.54, 1.807) is 5.57 Å². The van der Waals surface area contributed by atoms with Crippen molar-refractivity contribution < 1.29 is 0 Å². The van der Waals surface area contributed by atoms with Gasteiger partial charge in [-0.1, -0.05) is 93.6 Å². The summed E-state index contributed by atoms with van der Waals surface area (Å²) >= 11 is 0. The van der Waals surface area contributed by atoms with E-state index < -0.39 is 0 Å². The van der Waals surface area contributed by atoms with Crippen molar-refractivity contribution in [1.29, 1.82) is 0 Å². The van der Waals surface area contributed by atoms with Crippen molar-refractivity contribution in [3.63, 3.8) is 0 Å². The molecular weight excluding hydrogens is 324 g/mol. The third-order valence-electron chi connectivity index (χ3n) is 9.13. The topological polar surface area (TPSA) is 0 Å². The number of allylic oxidation sites excluding steroid dienone is 6. The van der Waals surface area contributed by atoms with Crippen molar-refractivity contribution in [3.05, 3.63) is 34.9 Å². The molecule has 5 aliphatic carbocycles.